The van der Waals surface area contributed by atoms with Crippen molar-refractivity contribution in [3.05, 3.63) is 0 Å². The van der Waals surface area contributed by atoms with Crippen LogP contribution in [0.15, 0.2) is 0 Å². The lowest BCUT2D eigenvalue weighted by Crippen LogP contribution is -2.49. The van der Waals surface area contributed by atoms with Gasteiger partial charge in [0.25, 0.3) is 0 Å². The highest BCUT2D eigenvalue weighted by molar-refractivity contribution is 5.83. The van der Waals surface area contributed by atoms with Crippen molar-refractivity contribution in [2.24, 2.45) is 5.41 Å². The van der Waals surface area contributed by atoms with E-state index in [2.05, 4.69) is 24.4 Å². The van der Waals surface area contributed by atoms with Crippen LogP contribution in [-0.2, 0) is 4.79 Å². The Morgan fingerprint density at radius 1 is 1.21 bits per heavy atom. The van der Waals surface area contributed by atoms with Crippen molar-refractivity contribution in [1.29, 1.82) is 10.5 Å². The molecule has 5 heteroatoms. The van der Waals surface area contributed by atoms with E-state index in [-0.39, 0.29) is 11.3 Å². The second-order valence-electron chi connectivity index (χ2n) is 4.99. The van der Waals surface area contributed by atoms with Crippen LogP contribution in [0, 0.1) is 28.1 Å². The summed E-state index contributed by atoms with van der Waals surface area (Å²) in [5, 5.41) is 20.7. The van der Waals surface area contributed by atoms with Gasteiger partial charge in [-0.25, -0.2) is 0 Å². The van der Waals surface area contributed by atoms with Gasteiger partial charge in [0, 0.05) is 13.1 Å². The summed E-state index contributed by atoms with van der Waals surface area (Å²) >= 11 is 0. The van der Waals surface area contributed by atoms with Crippen LogP contribution < -0.4 is 5.32 Å². The van der Waals surface area contributed by atoms with E-state index in [1.807, 2.05) is 0 Å². The van der Waals surface area contributed by atoms with Gasteiger partial charge in [-0.1, -0.05) is 6.92 Å². The zero-order valence-corrected chi connectivity index (χ0v) is 11.6. The van der Waals surface area contributed by atoms with E-state index in [1.165, 1.54) is 0 Å². The molecule has 1 heterocycles. The molecule has 5 nitrogen and oxygen atoms in total. The molecule has 0 atom stereocenters. The van der Waals surface area contributed by atoms with Crippen molar-refractivity contribution >= 4 is 5.91 Å². The maximum Gasteiger partial charge on any atom is 0.228 e. The van der Waals surface area contributed by atoms with Crippen LogP contribution in [0.5, 0.6) is 0 Å². The number of nitriles is 2. The van der Waals surface area contributed by atoms with Crippen molar-refractivity contribution in [2.75, 3.05) is 26.2 Å². The standard InChI is InChI=1S/C14H22N4O/c1-2-14(5-9-17-10-6-14)13(19)18(11-3-7-15)12-4-8-16/h17H,2-6,9-12H2,1H3. The highest BCUT2D eigenvalue weighted by Crippen LogP contribution is 2.34. The van der Waals surface area contributed by atoms with E-state index in [1.54, 1.807) is 4.90 Å². The summed E-state index contributed by atoms with van der Waals surface area (Å²) in [5.74, 6) is 0.127. The molecule has 1 saturated heterocycles. The zero-order valence-electron chi connectivity index (χ0n) is 11.6. The van der Waals surface area contributed by atoms with Crippen molar-refractivity contribution in [3.63, 3.8) is 0 Å². The Balaban J connectivity index is 2.77. The van der Waals surface area contributed by atoms with Gasteiger partial charge in [0.1, 0.15) is 0 Å². The van der Waals surface area contributed by atoms with E-state index in [9.17, 15) is 4.79 Å². The first kappa shape index (κ1) is 15.5. The maximum absolute atomic E-state index is 12.7. The Kier molecular flexibility index (Phi) is 6.32. The monoisotopic (exact) mass is 262 g/mol. The minimum absolute atomic E-state index is 0.127. The molecule has 19 heavy (non-hydrogen) atoms. The summed E-state index contributed by atoms with van der Waals surface area (Å²) in [6.07, 6.45) is 3.17. The van der Waals surface area contributed by atoms with E-state index in [4.69, 9.17) is 10.5 Å². The minimum atomic E-state index is -0.295. The van der Waals surface area contributed by atoms with E-state index < -0.39 is 0 Å². The third-order valence-electron chi connectivity index (χ3n) is 3.97. The molecule has 0 aromatic heterocycles. The fourth-order valence-corrected chi connectivity index (χ4v) is 2.64. The van der Waals surface area contributed by atoms with Crippen LogP contribution in [0.25, 0.3) is 0 Å². The van der Waals surface area contributed by atoms with Crippen LogP contribution in [0.1, 0.15) is 39.0 Å². The van der Waals surface area contributed by atoms with Gasteiger partial charge >= 0.3 is 0 Å². The summed E-state index contributed by atoms with van der Waals surface area (Å²) in [5.41, 5.74) is -0.295. The third kappa shape index (κ3) is 3.94. The molecule has 104 valence electrons. The SMILES string of the molecule is CCC1(C(=O)N(CCC#N)CCC#N)CCNCC1. The summed E-state index contributed by atoms with van der Waals surface area (Å²) in [6.45, 7) is 4.65. The summed E-state index contributed by atoms with van der Waals surface area (Å²) in [6, 6.07) is 4.15. The highest BCUT2D eigenvalue weighted by atomic mass is 16.2. The van der Waals surface area contributed by atoms with Crippen molar-refractivity contribution in [1.82, 2.24) is 10.2 Å². The smallest absolute Gasteiger partial charge is 0.228 e. The molecule has 0 spiro atoms. The second-order valence-corrected chi connectivity index (χ2v) is 4.99. The quantitative estimate of drug-likeness (QED) is 0.785. The van der Waals surface area contributed by atoms with Crippen LogP contribution in [0.2, 0.25) is 0 Å². The Hall–Kier alpha value is -1.59. The van der Waals surface area contributed by atoms with Gasteiger partial charge in [-0.3, -0.25) is 4.79 Å². The number of hydrogen-bond acceptors (Lipinski definition) is 4. The number of piperidine rings is 1. The Bertz CT molecular complexity index is 356. The average Bonchev–Trinajstić information content (AvgIpc) is 2.47. The molecule has 1 N–H and O–H groups in total. The zero-order chi connectivity index (χ0) is 14.1. The molecular weight excluding hydrogens is 240 g/mol. The molecule has 1 fully saturated rings. The predicted molar refractivity (Wildman–Crippen MR) is 71.9 cm³/mol. The second kappa shape index (κ2) is 7.76. The molecular formula is C14H22N4O. The lowest BCUT2D eigenvalue weighted by molar-refractivity contribution is -0.144. The summed E-state index contributed by atoms with van der Waals surface area (Å²) < 4.78 is 0. The molecule has 0 bridgehead atoms. The Labute approximate surface area is 115 Å². The normalized spacial score (nSPS) is 17.2. The third-order valence-corrected chi connectivity index (χ3v) is 3.97. The van der Waals surface area contributed by atoms with Crippen LogP contribution in [0.3, 0.4) is 0 Å². The lowest BCUT2D eigenvalue weighted by Gasteiger charge is -2.39. The number of nitrogens with zero attached hydrogens (tertiary/aromatic N) is 3. The predicted octanol–water partition coefficient (Wildman–Crippen LogP) is 1.42. The van der Waals surface area contributed by atoms with Gasteiger partial charge in [0.15, 0.2) is 0 Å². The molecule has 0 aromatic carbocycles. The van der Waals surface area contributed by atoms with Gasteiger partial charge < -0.3 is 10.2 Å². The fraction of sp³-hybridized carbons (Fsp3) is 0.786. The van der Waals surface area contributed by atoms with Gasteiger partial charge in [-0.05, 0) is 32.4 Å². The molecule has 0 aromatic rings. The van der Waals surface area contributed by atoms with Crippen molar-refractivity contribution in [2.45, 2.75) is 39.0 Å². The molecule has 1 rings (SSSR count). The number of hydrogen-bond donors (Lipinski definition) is 1. The Morgan fingerprint density at radius 3 is 2.16 bits per heavy atom. The van der Waals surface area contributed by atoms with Gasteiger partial charge in [-0.15, -0.1) is 0 Å². The van der Waals surface area contributed by atoms with Crippen molar-refractivity contribution in [3.8, 4) is 12.1 Å². The molecule has 0 radical (unpaired) electrons. The molecule has 0 unspecified atom stereocenters. The van der Waals surface area contributed by atoms with Gasteiger partial charge in [0.05, 0.1) is 30.4 Å². The molecule has 1 amide bonds. The van der Waals surface area contributed by atoms with E-state index >= 15 is 0 Å². The first-order valence-electron chi connectivity index (χ1n) is 6.94. The van der Waals surface area contributed by atoms with Crippen molar-refractivity contribution < 1.29 is 4.79 Å². The van der Waals surface area contributed by atoms with Gasteiger partial charge in [0.2, 0.25) is 5.91 Å². The topological polar surface area (TPSA) is 79.9 Å². The fourth-order valence-electron chi connectivity index (χ4n) is 2.64. The number of carbonyl (C=O) groups is 1. The summed E-state index contributed by atoms with van der Waals surface area (Å²) in [4.78, 5) is 14.5. The van der Waals surface area contributed by atoms with E-state index in [0.29, 0.717) is 25.9 Å². The largest absolute Gasteiger partial charge is 0.340 e. The van der Waals surface area contributed by atoms with Gasteiger partial charge in [-0.2, -0.15) is 10.5 Å². The molecule has 0 saturated carbocycles. The van der Waals surface area contributed by atoms with E-state index in [0.717, 1.165) is 32.4 Å². The number of nitrogens with one attached hydrogen (secondary N) is 1. The number of rotatable bonds is 6. The summed E-state index contributed by atoms with van der Waals surface area (Å²) in [7, 11) is 0. The number of amides is 1. The lowest BCUT2D eigenvalue weighted by atomic mass is 9.75. The molecule has 0 aliphatic carbocycles. The maximum atomic E-state index is 12.7. The first-order chi connectivity index (χ1) is 9.20. The highest BCUT2D eigenvalue weighted by Gasteiger charge is 2.40. The Morgan fingerprint density at radius 2 is 1.74 bits per heavy atom. The minimum Gasteiger partial charge on any atom is -0.340 e. The number of carbonyl (C=O) groups excluding carboxylic acids is 1. The van der Waals surface area contributed by atoms with Crippen LogP contribution in [0.4, 0.5) is 0 Å². The molecule has 1 aliphatic heterocycles. The van der Waals surface area contributed by atoms with Crippen LogP contribution >= 0.6 is 0 Å². The van der Waals surface area contributed by atoms with Crippen LogP contribution in [-0.4, -0.2) is 37.0 Å². The first-order valence-corrected chi connectivity index (χ1v) is 6.94. The molecule has 1 aliphatic rings. The average molecular weight is 262 g/mol.